The van der Waals surface area contributed by atoms with Crippen molar-refractivity contribution in [1.29, 1.82) is 0 Å². The molecule has 0 aromatic carbocycles. The quantitative estimate of drug-likeness (QED) is 0.110. The van der Waals surface area contributed by atoms with Gasteiger partial charge in [0.25, 0.3) is 0 Å². The van der Waals surface area contributed by atoms with Crippen LogP contribution in [0.15, 0.2) is 0 Å². The van der Waals surface area contributed by atoms with E-state index in [1.54, 1.807) is 0 Å². The second kappa shape index (κ2) is 11.2. The highest BCUT2D eigenvalue weighted by Gasteiger charge is 2.36. The molecule has 0 aliphatic rings. The summed E-state index contributed by atoms with van der Waals surface area (Å²) in [6.45, 7) is -0.136. The van der Waals surface area contributed by atoms with Crippen molar-refractivity contribution >= 4 is 46.5 Å². The number of nitrogens with zero attached hydrogens (tertiary/aromatic N) is 16. The van der Waals surface area contributed by atoms with Crippen molar-refractivity contribution in [2.24, 2.45) is 0 Å². The summed E-state index contributed by atoms with van der Waals surface area (Å²) >= 11 is 0. The van der Waals surface area contributed by atoms with E-state index in [2.05, 4.69) is 41.2 Å². The summed E-state index contributed by atoms with van der Waals surface area (Å²) in [5.74, 6) is -2.88. The number of nitrogen functional groups attached to an aromatic ring is 4. The van der Waals surface area contributed by atoms with Gasteiger partial charge in [-0.05, 0) is 49.9 Å². The molecule has 0 aliphatic carbocycles. The molecule has 4 aromatic heterocycles. The van der Waals surface area contributed by atoms with Crippen LogP contribution in [0.4, 0.5) is 46.5 Å². The molecule has 0 saturated carbocycles. The molecule has 0 amide bonds. The van der Waals surface area contributed by atoms with Crippen LogP contribution in [0.5, 0.6) is 0 Å². The number of hydrogen-bond acceptors (Lipinski definition) is 20. The first-order valence-electron chi connectivity index (χ1n) is 10.2. The highest BCUT2D eigenvalue weighted by Crippen LogP contribution is 2.31. The third-order valence-corrected chi connectivity index (χ3v) is 4.74. The predicted octanol–water partition coefficient (Wildman–Crippen LogP) is -2.90. The van der Waals surface area contributed by atoms with E-state index in [4.69, 9.17) is 22.9 Å². The molecule has 0 aliphatic heterocycles. The molecular formula is C12H16N20O8. The SMILES string of the molecule is Nc1c([N+](=O)[O-])nn(CCn2nnnc2N)c1[N+](=O)[O-].Nc1c([N+](=O)[O-])nn(CCn2nnnc2N)c1[N+](=O)[O-]. The number of aromatic nitrogens is 12. The number of anilines is 4. The predicted molar refractivity (Wildman–Crippen MR) is 124 cm³/mol. The fourth-order valence-corrected chi connectivity index (χ4v) is 3.00. The molecule has 0 bridgehead atoms. The van der Waals surface area contributed by atoms with Crippen LogP contribution in [0.3, 0.4) is 0 Å². The van der Waals surface area contributed by atoms with Crippen molar-refractivity contribution in [3.05, 3.63) is 40.5 Å². The zero-order valence-electron chi connectivity index (χ0n) is 19.6. The molecular weight excluding hydrogens is 552 g/mol. The summed E-state index contributed by atoms with van der Waals surface area (Å²) in [6, 6.07) is 0. The van der Waals surface area contributed by atoms with Crippen molar-refractivity contribution in [3.63, 3.8) is 0 Å². The molecule has 0 atom stereocenters. The van der Waals surface area contributed by atoms with E-state index in [9.17, 15) is 40.5 Å². The minimum absolute atomic E-state index is 0.00211. The Balaban J connectivity index is 0.000000220. The summed E-state index contributed by atoms with van der Waals surface area (Å²) in [6.07, 6.45) is 0. The Kier molecular flexibility index (Phi) is 7.81. The average molecular weight is 568 g/mol. The molecule has 212 valence electrons. The van der Waals surface area contributed by atoms with E-state index < -0.39 is 54.3 Å². The average Bonchev–Trinajstić information content (AvgIpc) is 3.62. The first-order valence-corrected chi connectivity index (χ1v) is 10.2. The van der Waals surface area contributed by atoms with Crippen LogP contribution in [0, 0.1) is 40.5 Å². The molecule has 4 rings (SSSR count). The Morgan fingerprint density at radius 2 is 0.875 bits per heavy atom. The normalized spacial score (nSPS) is 10.6. The van der Waals surface area contributed by atoms with E-state index in [0.717, 1.165) is 18.7 Å². The summed E-state index contributed by atoms with van der Waals surface area (Å²) < 4.78 is 3.92. The minimum Gasteiger partial charge on any atom is -0.385 e. The lowest BCUT2D eigenvalue weighted by atomic mass is 10.5. The Bertz CT molecular complexity index is 1460. The Hall–Kier alpha value is -6.64. The monoisotopic (exact) mass is 568 g/mol. The summed E-state index contributed by atoms with van der Waals surface area (Å²) in [5.41, 5.74) is 20.3. The van der Waals surface area contributed by atoms with Crippen LogP contribution in [0.1, 0.15) is 0 Å². The second-order valence-corrected chi connectivity index (χ2v) is 7.12. The van der Waals surface area contributed by atoms with Gasteiger partial charge in [-0.15, -0.1) is 0 Å². The van der Waals surface area contributed by atoms with Crippen LogP contribution < -0.4 is 22.9 Å². The van der Waals surface area contributed by atoms with Crippen molar-refractivity contribution in [2.45, 2.75) is 26.2 Å². The van der Waals surface area contributed by atoms with Gasteiger partial charge >= 0.3 is 23.3 Å². The number of aryl methyl sites for hydroxylation is 4. The lowest BCUT2D eigenvalue weighted by Crippen LogP contribution is -2.14. The number of nitrogens with two attached hydrogens (primary N) is 4. The van der Waals surface area contributed by atoms with Gasteiger partial charge in [-0.1, -0.05) is 10.2 Å². The van der Waals surface area contributed by atoms with Gasteiger partial charge in [0.2, 0.25) is 23.3 Å². The number of rotatable bonds is 10. The van der Waals surface area contributed by atoms with Gasteiger partial charge in [0.1, 0.15) is 0 Å². The fourth-order valence-electron chi connectivity index (χ4n) is 3.00. The molecule has 0 unspecified atom stereocenters. The Labute approximate surface area is 216 Å². The second-order valence-electron chi connectivity index (χ2n) is 7.12. The van der Waals surface area contributed by atoms with Gasteiger partial charge in [0, 0.05) is 0 Å². The molecule has 40 heavy (non-hydrogen) atoms. The minimum atomic E-state index is -0.899. The van der Waals surface area contributed by atoms with Crippen LogP contribution in [-0.2, 0) is 26.2 Å². The van der Waals surface area contributed by atoms with Crippen LogP contribution in [0.25, 0.3) is 0 Å². The highest BCUT2D eigenvalue weighted by atomic mass is 16.6. The molecule has 28 heteroatoms. The Morgan fingerprint density at radius 3 is 1.12 bits per heavy atom. The molecule has 0 radical (unpaired) electrons. The van der Waals surface area contributed by atoms with Gasteiger partial charge in [0.05, 0.1) is 13.1 Å². The maximum atomic E-state index is 10.9. The molecule has 0 saturated heterocycles. The summed E-state index contributed by atoms with van der Waals surface area (Å²) in [4.78, 5) is 39.6. The van der Waals surface area contributed by atoms with Crippen molar-refractivity contribution in [1.82, 2.24) is 60.0 Å². The van der Waals surface area contributed by atoms with Crippen molar-refractivity contribution in [2.75, 3.05) is 22.9 Å². The first-order chi connectivity index (χ1) is 18.8. The van der Waals surface area contributed by atoms with Crippen LogP contribution in [0.2, 0.25) is 0 Å². The lowest BCUT2D eigenvalue weighted by molar-refractivity contribution is -0.393. The van der Waals surface area contributed by atoms with Crippen molar-refractivity contribution in [3.8, 4) is 0 Å². The highest BCUT2D eigenvalue weighted by molar-refractivity contribution is 5.65. The van der Waals surface area contributed by atoms with Gasteiger partial charge in [-0.2, -0.15) is 0 Å². The molecule has 28 nitrogen and oxygen atoms in total. The number of nitro groups is 4. The largest absolute Gasteiger partial charge is 0.443 e. The number of hydrogen-bond donors (Lipinski definition) is 4. The van der Waals surface area contributed by atoms with E-state index in [1.165, 1.54) is 0 Å². The summed E-state index contributed by atoms with van der Waals surface area (Å²) in [7, 11) is 0. The number of tetrazole rings is 2. The molecule has 4 heterocycles. The fraction of sp³-hybridized carbons (Fsp3) is 0.333. The van der Waals surface area contributed by atoms with E-state index in [1.807, 2.05) is 0 Å². The molecule has 0 spiro atoms. The Morgan fingerprint density at radius 1 is 0.550 bits per heavy atom. The van der Waals surface area contributed by atoms with Gasteiger partial charge in [0.15, 0.2) is 23.3 Å². The van der Waals surface area contributed by atoms with Gasteiger partial charge < -0.3 is 63.4 Å². The topological polar surface area (TPSA) is 399 Å². The van der Waals surface area contributed by atoms with Crippen LogP contribution in [-0.4, -0.2) is 79.7 Å². The van der Waals surface area contributed by atoms with E-state index in [0.29, 0.717) is 0 Å². The summed E-state index contributed by atoms with van der Waals surface area (Å²) in [5, 5.41) is 70.5. The third-order valence-electron chi connectivity index (χ3n) is 4.74. The molecule has 8 N–H and O–H groups in total. The smallest absolute Gasteiger partial charge is 0.385 e. The maximum Gasteiger partial charge on any atom is 0.443 e. The van der Waals surface area contributed by atoms with Crippen LogP contribution >= 0.6 is 0 Å². The molecule has 0 fully saturated rings. The van der Waals surface area contributed by atoms with E-state index in [-0.39, 0.29) is 38.1 Å². The standard InChI is InChI=1S/2C6H8N10O4/c2*7-3-4(15(17)18)10-13(5(3)16(19)20)1-2-14-6(8)9-11-12-14/h2*1-2,7H2,(H2,8,9,12). The zero-order valence-corrected chi connectivity index (χ0v) is 19.6. The van der Waals surface area contributed by atoms with Crippen molar-refractivity contribution < 1.29 is 19.7 Å². The maximum absolute atomic E-state index is 10.9. The lowest BCUT2D eigenvalue weighted by Gasteiger charge is -1.98. The zero-order chi connectivity index (χ0) is 29.7. The molecule has 4 aromatic rings. The van der Waals surface area contributed by atoms with Gasteiger partial charge in [-0.25, -0.2) is 9.36 Å². The van der Waals surface area contributed by atoms with Gasteiger partial charge in [-0.3, -0.25) is 0 Å². The van der Waals surface area contributed by atoms with E-state index >= 15 is 0 Å². The first kappa shape index (κ1) is 27.9. The third kappa shape index (κ3) is 5.68.